The zero-order valence-corrected chi connectivity index (χ0v) is 15.7. The van der Waals surface area contributed by atoms with Gasteiger partial charge in [0, 0.05) is 31.1 Å². The zero-order valence-electron chi connectivity index (χ0n) is 15.7. The van der Waals surface area contributed by atoms with Crippen LogP contribution in [-0.2, 0) is 4.79 Å². The van der Waals surface area contributed by atoms with Gasteiger partial charge in [-0.05, 0) is 43.2 Å². The number of likely N-dealkylation sites (tertiary alicyclic amines) is 1. The van der Waals surface area contributed by atoms with Crippen LogP contribution in [-0.4, -0.2) is 36.3 Å². The van der Waals surface area contributed by atoms with Crippen molar-refractivity contribution in [3.63, 3.8) is 0 Å². The summed E-state index contributed by atoms with van der Waals surface area (Å²) in [6.07, 6.45) is 0.842. The number of carbonyl (C=O) groups is 2. The number of benzene rings is 2. The molecular formula is C22H25FN2O2. The van der Waals surface area contributed by atoms with Gasteiger partial charge >= 0.3 is 0 Å². The third kappa shape index (κ3) is 4.35. The Labute approximate surface area is 159 Å². The fourth-order valence-electron chi connectivity index (χ4n) is 3.57. The third-order valence-corrected chi connectivity index (χ3v) is 5.07. The fraction of sp³-hybridized carbons (Fsp3) is 0.364. The van der Waals surface area contributed by atoms with E-state index in [4.69, 9.17) is 0 Å². The van der Waals surface area contributed by atoms with Crippen LogP contribution in [0.15, 0.2) is 48.5 Å². The number of hydrogen-bond donors (Lipinski definition) is 1. The van der Waals surface area contributed by atoms with Crippen molar-refractivity contribution >= 4 is 11.8 Å². The Morgan fingerprint density at radius 1 is 1.15 bits per heavy atom. The Morgan fingerprint density at radius 2 is 1.89 bits per heavy atom. The van der Waals surface area contributed by atoms with Crippen molar-refractivity contribution < 1.29 is 14.0 Å². The standard InChI is InChI=1S/C22H25FN2O2/c1-3-11-24-21(26)20-14-25(22(27)16-9-7-15(2)8-10-16)13-19(20)17-5-4-6-18(23)12-17/h4-10,12,19-20H,3,11,13-14H2,1-2H3,(H,24,26). The first kappa shape index (κ1) is 19.1. The number of hydrogen-bond acceptors (Lipinski definition) is 2. The molecule has 0 radical (unpaired) electrons. The first-order valence-electron chi connectivity index (χ1n) is 9.38. The maximum atomic E-state index is 13.7. The molecule has 2 unspecified atom stereocenters. The fourth-order valence-corrected chi connectivity index (χ4v) is 3.57. The van der Waals surface area contributed by atoms with Crippen LogP contribution >= 0.6 is 0 Å². The molecule has 27 heavy (non-hydrogen) atoms. The molecular weight excluding hydrogens is 343 g/mol. The topological polar surface area (TPSA) is 49.4 Å². The summed E-state index contributed by atoms with van der Waals surface area (Å²) in [5.41, 5.74) is 2.45. The van der Waals surface area contributed by atoms with Crippen LogP contribution in [0.3, 0.4) is 0 Å². The van der Waals surface area contributed by atoms with E-state index in [1.165, 1.54) is 12.1 Å². The molecule has 3 rings (SSSR count). The lowest BCUT2D eigenvalue weighted by Gasteiger charge is -2.18. The number of aryl methyl sites for hydroxylation is 1. The SMILES string of the molecule is CCCNC(=O)C1CN(C(=O)c2ccc(C)cc2)CC1c1cccc(F)c1. The Hall–Kier alpha value is -2.69. The summed E-state index contributed by atoms with van der Waals surface area (Å²) >= 11 is 0. The molecule has 1 saturated heterocycles. The first-order chi connectivity index (χ1) is 13.0. The van der Waals surface area contributed by atoms with E-state index in [1.54, 1.807) is 23.1 Å². The maximum Gasteiger partial charge on any atom is 0.253 e. The molecule has 0 bridgehead atoms. The molecule has 4 nitrogen and oxygen atoms in total. The molecule has 1 fully saturated rings. The molecule has 5 heteroatoms. The minimum absolute atomic E-state index is 0.0784. The Morgan fingerprint density at radius 3 is 2.56 bits per heavy atom. The highest BCUT2D eigenvalue weighted by molar-refractivity contribution is 5.95. The average Bonchev–Trinajstić information content (AvgIpc) is 3.11. The number of halogens is 1. The van der Waals surface area contributed by atoms with Crippen LogP contribution in [0.4, 0.5) is 4.39 Å². The summed E-state index contributed by atoms with van der Waals surface area (Å²) in [6, 6.07) is 13.7. The molecule has 0 saturated carbocycles. The molecule has 1 N–H and O–H groups in total. The van der Waals surface area contributed by atoms with Crippen LogP contribution in [0.25, 0.3) is 0 Å². The molecule has 0 aromatic heterocycles. The van der Waals surface area contributed by atoms with Crippen molar-refractivity contribution in [2.75, 3.05) is 19.6 Å². The molecule has 142 valence electrons. The summed E-state index contributed by atoms with van der Waals surface area (Å²) in [6.45, 7) is 5.30. The van der Waals surface area contributed by atoms with Gasteiger partial charge in [-0.2, -0.15) is 0 Å². The van der Waals surface area contributed by atoms with Gasteiger partial charge in [0.25, 0.3) is 5.91 Å². The van der Waals surface area contributed by atoms with Gasteiger partial charge in [0.1, 0.15) is 5.82 Å². The van der Waals surface area contributed by atoms with Crippen molar-refractivity contribution in [1.29, 1.82) is 0 Å². The average molecular weight is 368 g/mol. The van der Waals surface area contributed by atoms with Crippen molar-refractivity contribution in [3.05, 3.63) is 71.0 Å². The third-order valence-electron chi connectivity index (χ3n) is 5.07. The molecule has 1 aliphatic heterocycles. The molecule has 1 aliphatic rings. The highest BCUT2D eigenvalue weighted by atomic mass is 19.1. The monoisotopic (exact) mass is 368 g/mol. The highest BCUT2D eigenvalue weighted by Crippen LogP contribution is 2.34. The zero-order chi connectivity index (χ0) is 19.4. The van der Waals surface area contributed by atoms with E-state index in [9.17, 15) is 14.0 Å². The summed E-state index contributed by atoms with van der Waals surface area (Å²) in [4.78, 5) is 27.3. The lowest BCUT2D eigenvalue weighted by molar-refractivity contribution is -0.124. The van der Waals surface area contributed by atoms with Crippen LogP contribution in [0.2, 0.25) is 0 Å². The molecule has 2 aromatic rings. The van der Waals surface area contributed by atoms with E-state index in [-0.39, 0.29) is 29.5 Å². The van der Waals surface area contributed by atoms with Crippen molar-refractivity contribution in [2.45, 2.75) is 26.2 Å². The Kier molecular flexibility index (Phi) is 5.89. The summed E-state index contributed by atoms with van der Waals surface area (Å²) < 4.78 is 13.7. The number of amides is 2. The van der Waals surface area contributed by atoms with Crippen LogP contribution in [0.1, 0.15) is 40.7 Å². The highest BCUT2D eigenvalue weighted by Gasteiger charge is 2.40. The Balaban J connectivity index is 1.85. The Bertz CT molecular complexity index is 819. The summed E-state index contributed by atoms with van der Waals surface area (Å²) in [5.74, 6) is -1.10. The van der Waals surface area contributed by atoms with E-state index in [1.807, 2.05) is 32.0 Å². The van der Waals surface area contributed by atoms with E-state index in [0.29, 0.717) is 25.2 Å². The lowest BCUT2D eigenvalue weighted by Crippen LogP contribution is -2.36. The minimum Gasteiger partial charge on any atom is -0.356 e. The first-order valence-corrected chi connectivity index (χ1v) is 9.38. The number of rotatable bonds is 5. The van der Waals surface area contributed by atoms with Gasteiger partial charge in [0.2, 0.25) is 5.91 Å². The second-order valence-corrected chi connectivity index (χ2v) is 7.14. The minimum atomic E-state index is -0.382. The number of nitrogens with zero attached hydrogens (tertiary/aromatic N) is 1. The van der Waals surface area contributed by atoms with Crippen molar-refractivity contribution in [1.82, 2.24) is 10.2 Å². The lowest BCUT2D eigenvalue weighted by atomic mass is 9.88. The van der Waals surface area contributed by atoms with E-state index in [0.717, 1.165) is 17.5 Å². The number of nitrogens with one attached hydrogen (secondary N) is 1. The maximum absolute atomic E-state index is 13.7. The molecule has 2 atom stereocenters. The van der Waals surface area contributed by atoms with Gasteiger partial charge in [-0.3, -0.25) is 9.59 Å². The van der Waals surface area contributed by atoms with Crippen LogP contribution in [0, 0.1) is 18.7 Å². The van der Waals surface area contributed by atoms with Gasteiger partial charge in [0.15, 0.2) is 0 Å². The van der Waals surface area contributed by atoms with Crippen LogP contribution in [0.5, 0.6) is 0 Å². The molecule has 0 aliphatic carbocycles. The molecule has 1 heterocycles. The smallest absolute Gasteiger partial charge is 0.253 e. The van der Waals surface area contributed by atoms with Crippen LogP contribution < -0.4 is 5.32 Å². The largest absolute Gasteiger partial charge is 0.356 e. The predicted molar refractivity (Wildman–Crippen MR) is 103 cm³/mol. The van der Waals surface area contributed by atoms with E-state index >= 15 is 0 Å². The second-order valence-electron chi connectivity index (χ2n) is 7.14. The molecule has 0 spiro atoms. The number of carbonyl (C=O) groups excluding carboxylic acids is 2. The van der Waals surface area contributed by atoms with Gasteiger partial charge in [-0.25, -0.2) is 4.39 Å². The summed E-state index contributed by atoms with van der Waals surface area (Å²) in [5, 5.41) is 2.92. The molecule has 2 amide bonds. The summed E-state index contributed by atoms with van der Waals surface area (Å²) in [7, 11) is 0. The van der Waals surface area contributed by atoms with E-state index < -0.39 is 0 Å². The van der Waals surface area contributed by atoms with Gasteiger partial charge in [0.05, 0.1) is 5.92 Å². The van der Waals surface area contributed by atoms with Gasteiger partial charge in [-0.15, -0.1) is 0 Å². The second kappa shape index (κ2) is 8.33. The predicted octanol–water partition coefficient (Wildman–Crippen LogP) is 3.52. The van der Waals surface area contributed by atoms with Gasteiger partial charge < -0.3 is 10.2 Å². The van der Waals surface area contributed by atoms with Crippen molar-refractivity contribution in [2.24, 2.45) is 5.92 Å². The van der Waals surface area contributed by atoms with Gasteiger partial charge in [-0.1, -0.05) is 36.8 Å². The normalized spacial score (nSPS) is 19.1. The van der Waals surface area contributed by atoms with Crippen molar-refractivity contribution in [3.8, 4) is 0 Å². The quantitative estimate of drug-likeness (QED) is 0.878. The molecule has 2 aromatic carbocycles. The van der Waals surface area contributed by atoms with E-state index in [2.05, 4.69) is 5.32 Å².